The Morgan fingerprint density at radius 3 is 2.59 bits per heavy atom. The third-order valence-electron chi connectivity index (χ3n) is 7.97. The molecule has 0 radical (unpaired) electrons. The Balaban J connectivity index is 1.87. The molecule has 2 aliphatic rings. The van der Waals surface area contributed by atoms with E-state index in [2.05, 4.69) is 4.98 Å². The lowest BCUT2D eigenvalue weighted by atomic mass is 9.71. The summed E-state index contributed by atoms with van der Waals surface area (Å²) >= 11 is 6.57. The number of oxazole rings is 1. The van der Waals surface area contributed by atoms with Crippen LogP contribution in [-0.4, -0.2) is 62.1 Å². The SMILES string of the molecule is CCC1C(=O)C(C)(C)C(O)CC(=O)OC(C(Cl)=Cc2coc(CO)n2)CC2OC2(C)CCCC(C)C1O. The molecule has 37 heavy (non-hydrogen) atoms. The van der Waals surface area contributed by atoms with Gasteiger partial charge < -0.3 is 29.2 Å². The van der Waals surface area contributed by atoms with E-state index in [9.17, 15) is 24.9 Å². The second kappa shape index (κ2) is 11.9. The molecule has 0 saturated carbocycles. The molecular weight excluding hydrogens is 502 g/mol. The van der Waals surface area contributed by atoms with Crippen molar-refractivity contribution in [1.82, 2.24) is 4.98 Å². The number of ether oxygens (including phenoxy) is 2. The molecule has 3 N–H and O–H groups in total. The maximum absolute atomic E-state index is 13.4. The zero-order valence-electron chi connectivity index (χ0n) is 22.3. The number of nitrogens with zero attached hydrogens (tertiary/aromatic N) is 1. The molecule has 0 aromatic carbocycles. The standard InChI is InChI=1S/C27H40ClNO8/c1-6-17-24(33)15(2)8-7-9-27(5)21(37-27)11-19(18(28)10-16-14-35-22(13-30)29-16)36-23(32)12-20(31)26(3,4)25(17)34/h10,14-15,17,19-21,24,30-31,33H,6-9,11-13H2,1-5H3. The molecule has 3 rings (SSSR count). The van der Waals surface area contributed by atoms with E-state index in [1.807, 2.05) is 20.8 Å². The third kappa shape index (κ3) is 7.00. The highest BCUT2D eigenvalue weighted by atomic mass is 35.5. The van der Waals surface area contributed by atoms with Gasteiger partial charge in [-0.2, -0.15) is 0 Å². The normalized spacial score (nSPS) is 36.1. The van der Waals surface area contributed by atoms with Gasteiger partial charge in [-0.3, -0.25) is 9.59 Å². The number of aliphatic hydroxyl groups is 3. The first kappa shape index (κ1) is 29.8. The zero-order valence-corrected chi connectivity index (χ0v) is 23.0. The van der Waals surface area contributed by atoms with Crippen molar-refractivity contribution in [3.05, 3.63) is 22.9 Å². The van der Waals surface area contributed by atoms with Crippen molar-refractivity contribution in [2.45, 2.75) is 110 Å². The number of rotatable bonds is 4. The van der Waals surface area contributed by atoms with Gasteiger partial charge >= 0.3 is 5.97 Å². The summed E-state index contributed by atoms with van der Waals surface area (Å²) in [4.78, 5) is 30.4. The fourth-order valence-electron chi connectivity index (χ4n) is 5.10. The van der Waals surface area contributed by atoms with Crippen LogP contribution in [-0.2, 0) is 25.7 Å². The Morgan fingerprint density at radius 2 is 1.97 bits per heavy atom. The zero-order chi connectivity index (χ0) is 27.5. The summed E-state index contributed by atoms with van der Waals surface area (Å²) in [5.74, 6) is -1.63. The van der Waals surface area contributed by atoms with Gasteiger partial charge in [-0.05, 0) is 38.2 Å². The number of epoxide rings is 1. The van der Waals surface area contributed by atoms with Crippen LogP contribution in [0.2, 0.25) is 0 Å². The third-order valence-corrected chi connectivity index (χ3v) is 8.32. The van der Waals surface area contributed by atoms with Crippen LogP contribution >= 0.6 is 11.6 Å². The van der Waals surface area contributed by atoms with E-state index < -0.39 is 47.6 Å². The molecule has 0 bridgehead atoms. The van der Waals surface area contributed by atoms with E-state index in [-0.39, 0.29) is 35.3 Å². The van der Waals surface area contributed by atoms with Crippen LogP contribution in [0.15, 0.2) is 15.7 Å². The van der Waals surface area contributed by atoms with Crippen LogP contribution in [0.25, 0.3) is 6.08 Å². The number of aromatic nitrogens is 1. The molecular formula is C27H40ClNO8. The summed E-state index contributed by atoms with van der Waals surface area (Å²) in [7, 11) is 0. The fraction of sp³-hybridized carbons (Fsp3) is 0.741. The van der Waals surface area contributed by atoms with Gasteiger partial charge in [0.1, 0.15) is 30.5 Å². The molecule has 2 aliphatic heterocycles. The van der Waals surface area contributed by atoms with E-state index in [0.717, 1.165) is 19.3 Å². The topological polar surface area (TPSA) is 143 Å². The Bertz CT molecular complexity index is 991. The maximum atomic E-state index is 13.4. The van der Waals surface area contributed by atoms with Gasteiger partial charge in [-0.25, -0.2) is 4.98 Å². The van der Waals surface area contributed by atoms with Crippen LogP contribution in [0.4, 0.5) is 0 Å². The summed E-state index contributed by atoms with van der Waals surface area (Å²) in [5.41, 5.74) is -1.32. The fourth-order valence-corrected chi connectivity index (χ4v) is 5.35. The molecule has 7 atom stereocenters. The smallest absolute Gasteiger partial charge is 0.309 e. The van der Waals surface area contributed by atoms with Crippen molar-refractivity contribution < 1.29 is 38.8 Å². The van der Waals surface area contributed by atoms with E-state index in [1.165, 1.54) is 12.3 Å². The molecule has 7 unspecified atom stereocenters. The number of fused-ring (bicyclic) bond motifs is 1. The highest BCUT2D eigenvalue weighted by Crippen LogP contribution is 2.45. The van der Waals surface area contributed by atoms with E-state index in [1.54, 1.807) is 13.8 Å². The lowest BCUT2D eigenvalue weighted by Crippen LogP contribution is -2.46. The molecule has 9 nitrogen and oxygen atoms in total. The predicted octanol–water partition coefficient (Wildman–Crippen LogP) is 3.76. The number of carbonyl (C=O) groups is 2. The number of aliphatic hydroxyl groups excluding tert-OH is 3. The van der Waals surface area contributed by atoms with Gasteiger partial charge in [0.05, 0.1) is 40.8 Å². The second-order valence-electron chi connectivity index (χ2n) is 11.2. The van der Waals surface area contributed by atoms with Gasteiger partial charge in [0.15, 0.2) is 0 Å². The summed E-state index contributed by atoms with van der Waals surface area (Å²) in [6, 6.07) is 0. The Hall–Kier alpha value is -1.78. The van der Waals surface area contributed by atoms with Gasteiger partial charge in [0.2, 0.25) is 5.89 Å². The minimum atomic E-state index is -1.31. The van der Waals surface area contributed by atoms with Crippen molar-refractivity contribution in [2.75, 3.05) is 0 Å². The maximum Gasteiger partial charge on any atom is 0.309 e. The average molecular weight is 542 g/mol. The van der Waals surface area contributed by atoms with Crippen LogP contribution in [0.1, 0.15) is 84.7 Å². The number of hydrogen-bond acceptors (Lipinski definition) is 9. The van der Waals surface area contributed by atoms with E-state index >= 15 is 0 Å². The molecule has 0 spiro atoms. The largest absolute Gasteiger partial charge is 0.456 e. The summed E-state index contributed by atoms with van der Waals surface area (Å²) in [6.45, 7) is 8.59. The van der Waals surface area contributed by atoms with Crippen molar-refractivity contribution in [1.29, 1.82) is 0 Å². The predicted molar refractivity (Wildman–Crippen MR) is 136 cm³/mol. The second-order valence-corrected chi connectivity index (χ2v) is 11.6. The first-order chi connectivity index (χ1) is 17.3. The summed E-state index contributed by atoms with van der Waals surface area (Å²) < 4.78 is 16.8. The number of carbonyl (C=O) groups excluding carboxylic acids is 2. The molecule has 2 fully saturated rings. The first-order valence-electron chi connectivity index (χ1n) is 13.0. The van der Waals surface area contributed by atoms with Crippen molar-refractivity contribution in [3.8, 4) is 0 Å². The van der Waals surface area contributed by atoms with Gasteiger partial charge in [-0.1, -0.05) is 45.7 Å². The van der Waals surface area contributed by atoms with Crippen LogP contribution in [0.5, 0.6) is 0 Å². The highest BCUT2D eigenvalue weighted by molar-refractivity contribution is 6.32. The highest BCUT2D eigenvalue weighted by Gasteiger charge is 2.53. The average Bonchev–Trinajstić information content (AvgIpc) is 3.24. The first-order valence-corrected chi connectivity index (χ1v) is 13.4. The van der Waals surface area contributed by atoms with E-state index in [0.29, 0.717) is 18.5 Å². The monoisotopic (exact) mass is 541 g/mol. The van der Waals surface area contributed by atoms with Gasteiger partial charge in [0, 0.05) is 12.3 Å². The number of ketones is 1. The van der Waals surface area contributed by atoms with E-state index in [4.69, 9.17) is 25.5 Å². The van der Waals surface area contributed by atoms with Crippen LogP contribution in [0.3, 0.4) is 0 Å². The van der Waals surface area contributed by atoms with Gasteiger partial charge in [-0.15, -0.1) is 0 Å². The molecule has 0 aliphatic carbocycles. The van der Waals surface area contributed by atoms with Crippen LogP contribution in [0, 0.1) is 17.3 Å². The van der Waals surface area contributed by atoms with Gasteiger partial charge in [0.25, 0.3) is 0 Å². The number of halogens is 1. The van der Waals surface area contributed by atoms with Crippen molar-refractivity contribution in [2.24, 2.45) is 17.3 Å². The molecule has 1 aromatic rings. The molecule has 0 amide bonds. The number of esters is 1. The van der Waals surface area contributed by atoms with Crippen molar-refractivity contribution in [3.63, 3.8) is 0 Å². The summed E-state index contributed by atoms with van der Waals surface area (Å²) in [5, 5.41) is 31.3. The molecule has 1 aromatic heterocycles. The van der Waals surface area contributed by atoms with Crippen molar-refractivity contribution >= 4 is 29.4 Å². The Kier molecular flexibility index (Phi) is 9.61. The lowest BCUT2D eigenvalue weighted by Gasteiger charge is -2.35. The number of Topliss-reactive ketones (excluding diaryl/α,β-unsaturated/α-hetero) is 1. The molecule has 2 saturated heterocycles. The lowest BCUT2D eigenvalue weighted by molar-refractivity contribution is -0.154. The summed E-state index contributed by atoms with van der Waals surface area (Å²) in [6.07, 6.45) is 2.19. The Labute approximate surface area is 223 Å². The molecule has 208 valence electrons. The number of hydrogen-bond donors (Lipinski definition) is 3. The Morgan fingerprint density at radius 1 is 1.27 bits per heavy atom. The minimum Gasteiger partial charge on any atom is -0.456 e. The molecule has 10 heteroatoms. The quantitative estimate of drug-likeness (QED) is 0.383. The van der Waals surface area contributed by atoms with Crippen LogP contribution < -0.4 is 0 Å². The minimum absolute atomic E-state index is 0.114. The molecule has 3 heterocycles. The number of cyclic esters (lactones) is 1.